The first-order chi connectivity index (χ1) is 11.7. The van der Waals surface area contributed by atoms with Crippen molar-refractivity contribution in [2.75, 3.05) is 13.1 Å². The van der Waals surface area contributed by atoms with Gasteiger partial charge in [-0.05, 0) is 36.4 Å². The van der Waals surface area contributed by atoms with E-state index in [9.17, 15) is 28.5 Å². The molecule has 0 aromatic heterocycles. The molecule has 2 aromatic rings. The van der Waals surface area contributed by atoms with Crippen molar-refractivity contribution in [3.8, 4) is 17.2 Å². The summed E-state index contributed by atoms with van der Waals surface area (Å²) < 4.78 is 27.2. The van der Waals surface area contributed by atoms with Gasteiger partial charge in [0.2, 0.25) is 10.0 Å². The lowest BCUT2D eigenvalue weighted by atomic mass is 10.1. The molecule has 2 aromatic carbocycles. The number of sulfonamides is 1. The lowest BCUT2D eigenvalue weighted by molar-refractivity contribution is 0.0953. The Morgan fingerprint density at radius 3 is 2.12 bits per heavy atom. The molecule has 0 radical (unpaired) electrons. The Kier molecular flexibility index (Phi) is 5.88. The Morgan fingerprint density at radius 1 is 1.00 bits per heavy atom. The number of halogens is 1. The Hall–Kier alpha value is -2.30. The van der Waals surface area contributed by atoms with Crippen LogP contribution in [0.4, 0.5) is 0 Å². The maximum Gasteiger partial charge on any atom is 0.251 e. The summed E-state index contributed by atoms with van der Waals surface area (Å²) in [6.45, 7) is -0.0722. The maximum atomic E-state index is 12.1. The van der Waals surface area contributed by atoms with Crippen molar-refractivity contribution < 1.29 is 28.5 Å². The van der Waals surface area contributed by atoms with Crippen LogP contribution in [0, 0.1) is 0 Å². The fourth-order valence-corrected chi connectivity index (χ4v) is 3.19. The summed E-state index contributed by atoms with van der Waals surface area (Å²) in [5.74, 6) is -2.64. The molecule has 8 nitrogen and oxygen atoms in total. The van der Waals surface area contributed by atoms with Crippen LogP contribution in [-0.4, -0.2) is 42.7 Å². The normalized spacial score (nSPS) is 11.2. The average molecular weight is 431 g/mol. The minimum absolute atomic E-state index is 0.0169. The summed E-state index contributed by atoms with van der Waals surface area (Å²) in [5.41, 5.74) is -0.0800. The highest BCUT2D eigenvalue weighted by Crippen LogP contribution is 2.35. The van der Waals surface area contributed by atoms with E-state index in [1.54, 1.807) is 12.1 Å². The van der Waals surface area contributed by atoms with Gasteiger partial charge in [0.15, 0.2) is 17.2 Å². The first-order valence-electron chi connectivity index (χ1n) is 6.99. The summed E-state index contributed by atoms with van der Waals surface area (Å²) >= 11 is 3.21. The lowest BCUT2D eigenvalue weighted by Gasteiger charge is -2.09. The molecule has 0 saturated carbocycles. The maximum absolute atomic E-state index is 12.1. The van der Waals surface area contributed by atoms with Gasteiger partial charge in [-0.1, -0.05) is 15.9 Å². The van der Waals surface area contributed by atoms with Gasteiger partial charge >= 0.3 is 0 Å². The molecule has 0 aliphatic heterocycles. The van der Waals surface area contributed by atoms with Crippen LogP contribution < -0.4 is 10.0 Å². The fourth-order valence-electron chi connectivity index (χ4n) is 1.90. The molecule has 0 bridgehead atoms. The van der Waals surface area contributed by atoms with Crippen LogP contribution in [0.3, 0.4) is 0 Å². The molecule has 0 unspecified atom stereocenters. The van der Waals surface area contributed by atoms with Crippen LogP contribution in [-0.2, 0) is 10.0 Å². The summed E-state index contributed by atoms with van der Waals surface area (Å²) in [6, 6.07) is 8.03. The van der Waals surface area contributed by atoms with Gasteiger partial charge in [0.05, 0.1) is 4.90 Å². The summed E-state index contributed by atoms with van der Waals surface area (Å²) in [4.78, 5) is 12.0. The van der Waals surface area contributed by atoms with Crippen molar-refractivity contribution >= 4 is 31.9 Å². The predicted octanol–water partition coefficient (Wildman–Crippen LogP) is 1.27. The van der Waals surface area contributed by atoms with E-state index in [1.807, 2.05) is 0 Å². The number of carbonyl (C=O) groups is 1. The molecule has 0 heterocycles. The minimum Gasteiger partial charge on any atom is -0.504 e. The van der Waals surface area contributed by atoms with Crippen molar-refractivity contribution in [3.05, 3.63) is 46.4 Å². The Labute approximate surface area is 152 Å². The first kappa shape index (κ1) is 19.0. The van der Waals surface area contributed by atoms with Crippen LogP contribution >= 0.6 is 15.9 Å². The average Bonchev–Trinajstić information content (AvgIpc) is 2.56. The van der Waals surface area contributed by atoms with E-state index >= 15 is 0 Å². The van der Waals surface area contributed by atoms with Crippen molar-refractivity contribution in [2.45, 2.75) is 4.90 Å². The molecule has 0 aliphatic rings. The van der Waals surface area contributed by atoms with E-state index in [-0.39, 0.29) is 23.5 Å². The monoisotopic (exact) mass is 430 g/mol. The topological polar surface area (TPSA) is 136 Å². The van der Waals surface area contributed by atoms with Crippen LogP contribution in [0.1, 0.15) is 10.4 Å². The molecule has 2 rings (SSSR count). The zero-order valence-electron chi connectivity index (χ0n) is 12.7. The Bertz CT molecular complexity index is 860. The number of hydrogen-bond donors (Lipinski definition) is 5. The van der Waals surface area contributed by atoms with Crippen molar-refractivity contribution in [1.82, 2.24) is 10.0 Å². The third-order valence-electron chi connectivity index (χ3n) is 3.16. The Balaban J connectivity index is 1.90. The number of phenols is 3. The quantitative estimate of drug-likeness (QED) is 0.345. The number of aromatic hydroxyl groups is 3. The van der Waals surface area contributed by atoms with E-state index in [4.69, 9.17) is 0 Å². The van der Waals surface area contributed by atoms with E-state index in [0.29, 0.717) is 0 Å². The second kappa shape index (κ2) is 7.72. The van der Waals surface area contributed by atoms with Crippen molar-refractivity contribution in [2.24, 2.45) is 0 Å². The van der Waals surface area contributed by atoms with Gasteiger partial charge in [0.25, 0.3) is 5.91 Å². The van der Waals surface area contributed by atoms with Gasteiger partial charge < -0.3 is 20.6 Å². The highest BCUT2D eigenvalue weighted by Gasteiger charge is 2.15. The van der Waals surface area contributed by atoms with E-state index in [1.165, 1.54) is 12.1 Å². The largest absolute Gasteiger partial charge is 0.504 e. The minimum atomic E-state index is -3.69. The molecule has 0 atom stereocenters. The van der Waals surface area contributed by atoms with Crippen molar-refractivity contribution in [3.63, 3.8) is 0 Å². The summed E-state index contributed by atoms with van der Waals surface area (Å²) in [5, 5.41) is 30.4. The molecule has 134 valence electrons. The third kappa shape index (κ3) is 4.84. The smallest absolute Gasteiger partial charge is 0.251 e. The van der Waals surface area contributed by atoms with Gasteiger partial charge in [0.1, 0.15) is 0 Å². The zero-order valence-corrected chi connectivity index (χ0v) is 15.1. The number of benzene rings is 2. The number of amides is 1. The van der Waals surface area contributed by atoms with Crippen LogP contribution in [0.5, 0.6) is 17.2 Å². The lowest BCUT2D eigenvalue weighted by Crippen LogP contribution is -2.34. The summed E-state index contributed by atoms with van der Waals surface area (Å²) in [7, 11) is -3.69. The molecule has 10 heteroatoms. The molecular formula is C15H15BrN2O6S. The SMILES string of the molecule is O=C(NCCNS(=O)(=O)c1ccc(Br)cc1)c1cc(O)c(O)c(O)c1. The van der Waals surface area contributed by atoms with Gasteiger partial charge in [0, 0.05) is 23.1 Å². The van der Waals surface area contributed by atoms with Crippen LogP contribution in [0.15, 0.2) is 45.8 Å². The Morgan fingerprint density at radius 2 is 1.56 bits per heavy atom. The molecule has 5 N–H and O–H groups in total. The molecule has 0 aliphatic carbocycles. The van der Waals surface area contributed by atoms with E-state index in [2.05, 4.69) is 26.0 Å². The number of carbonyl (C=O) groups excluding carboxylic acids is 1. The fraction of sp³-hybridized carbons (Fsp3) is 0.133. The molecule has 0 spiro atoms. The van der Waals surface area contributed by atoms with Crippen molar-refractivity contribution in [1.29, 1.82) is 0 Å². The standard InChI is InChI=1S/C15H15BrN2O6S/c16-10-1-3-11(4-2-10)25(23,24)18-6-5-17-15(22)9-7-12(19)14(21)13(20)8-9/h1-4,7-8,18-21H,5-6H2,(H,17,22). The number of phenolic OH excluding ortho intramolecular Hbond substituents is 3. The molecule has 1 amide bonds. The van der Waals surface area contributed by atoms with Crippen LogP contribution in [0.25, 0.3) is 0 Å². The second-order valence-corrected chi connectivity index (χ2v) is 7.65. The summed E-state index contributed by atoms with van der Waals surface area (Å²) in [6.07, 6.45) is 0. The number of rotatable bonds is 6. The molecule has 0 saturated heterocycles. The van der Waals surface area contributed by atoms with E-state index < -0.39 is 33.2 Å². The van der Waals surface area contributed by atoms with Gasteiger partial charge in [-0.15, -0.1) is 0 Å². The predicted molar refractivity (Wildman–Crippen MR) is 93.1 cm³/mol. The molecular weight excluding hydrogens is 416 g/mol. The second-order valence-electron chi connectivity index (χ2n) is 4.97. The number of nitrogens with one attached hydrogen (secondary N) is 2. The molecule has 25 heavy (non-hydrogen) atoms. The highest BCUT2D eigenvalue weighted by atomic mass is 79.9. The van der Waals surface area contributed by atoms with Gasteiger partial charge in [-0.25, -0.2) is 13.1 Å². The highest BCUT2D eigenvalue weighted by molar-refractivity contribution is 9.10. The van der Waals surface area contributed by atoms with Gasteiger partial charge in [-0.2, -0.15) is 0 Å². The first-order valence-corrected chi connectivity index (χ1v) is 9.26. The zero-order chi connectivity index (χ0) is 18.6. The number of hydrogen-bond acceptors (Lipinski definition) is 6. The molecule has 0 fully saturated rings. The van der Waals surface area contributed by atoms with E-state index in [0.717, 1.165) is 16.6 Å². The van der Waals surface area contributed by atoms with Crippen LogP contribution in [0.2, 0.25) is 0 Å². The van der Waals surface area contributed by atoms with Gasteiger partial charge in [-0.3, -0.25) is 4.79 Å². The third-order valence-corrected chi connectivity index (χ3v) is 5.16.